The quantitative estimate of drug-likeness (QED) is 0.541. The van der Waals surface area contributed by atoms with Gasteiger partial charge in [0.2, 0.25) is 0 Å². The van der Waals surface area contributed by atoms with Crippen molar-refractivity contribution < 1.29 is 9.18 Å². The number of anilines is 1. The summed E-state index contributed by atoms with van der Waals surface area (Å²) in [6.45, 7) is 1.36. The zero-order valence-electron chi connectivity index (χ0n) is 6.40. The van der Waals surface area contributed by atoms with E-state index in [0.717, 1.165) is 0 Å². The molecule has 0 atom stereocenters. The van der Waals surface area contributed by atoms with Crippen LogP contribution in [0.2, 0.25) is 5.02 Å². The minimum absolute atomic E-state index is 0.104. The topological polar surface area (TPSA) is 43.1 Å². The summed E-state index contributed by atoms with van der Waals surface area (Å²) in [5.74, 6) is -0.870. The molecular weight excluding hydrogens is 181 g/mol. The molecule has 0 unspecified atom stereocenters. The molecule has 1 aromatic rings. The molecule has 0 bridgehead atoms. The Morgan fingerprint density at radius 2 is 2.17 bits per heavy atom. The monoisotopic (exact) mass is 187 g/mol. The first-order valence-electron chi connectivity index (χ1n) is 3.28. The molecule has 2 N–H and O–H groups in total. The van der Waals surface area contributed by atoms with Crippen LogP contribution in [0.1, 0.15) is 17.3 Å². The molecule has 12 heavy (non-hydrogen) atoms. The van der Waals surface area contributed by atoms with Gasteiger partial charge in [0.25, 0.3) is 0 Å². The average molecular weight is 188 g/mol. The summed E-state index contributed by atoms with van der Waals surface area (Å²) < 4.78 is 12.8. The van der Waals surface area contributed by atoms with Crippen molar-refractivity contribution in [2.75, 3.05) is 5.73 Å². The van der Waals surface area contributed by atoms with Crippen LogP contribution in [-0.4, -0.2) is 5.78 Å². The first kappa shape index (κ1) is 9.00. The molecule has 0 spiro atoms. The summed E-state index contributed by atoms with van der Waals surface area (Å²) in [6.07, 6.45) is 0. The van der Waals surface area contributed by atoms with Gasteiger partial charge in [-0.3, -0.25) is 4.79 Å². The number of ketones is 1. The maximum atomic E-state index is 12.8. The first-order valence-corrected chi connectivity index (χ1v) is 3.65. The molecule has 0 aliphatic heterocycles. The molecule has 1 rings (SSSR count). The smallest absolute Gasteiger partial charge is 0.164 e. The summed E-state index contributed by atoms with van der Waals surface area (Å²) in [4.78, 5) is 10.8. The number of carbonyl (C=O) groups excluding carboxylic acids is 1. The second-order valence-electron chi connectivity index (χ2n) is 2.42. The van der Waals surface area contributed by atoms with Gasteiger partial charge in [-0.15, -0.1) is 0 Å². The second kappa shape index (κ2) is 3.11. The van der Waals surface area contributed by atoms with E-state index in [-0.39, 0.29) is 16.5 Å². The number of nitrogen functional groups attached to an aromatic ring is 1. The van der Waals surface area contributed by atoms with Crippen LogP contribution >= 0.6 is 11.6 Å². The van der Waals surface area contributed by atoms with Crippen LogP contribution in [0.3, 0.4) is 0 Å². The molecule has 4 heteroatoms. The van der Waals surface area contributed by atoms with E-state index in [0.29, 0.717) is 5.56 Å². The van der Waals surface area contributed by atoms with E-state index >= 15 is 0 Å². The maximum Gasteiger partial charge on any atom is 0.164 e. The Labute approximate surface area is 74.1 Å². The van der Waals surface area contributed by atoms with Crippen molar-refractivity contribution in [1.29, 1.82) is 0 Å². The Balaban J connectivity index is 3.31. The molecule has 1 aromatic carbocycles. The van der Waals surface area contributed by atoms with Crippen LogP contribution in [0.5, 0.6) is 0 Å². The number of benzene rings is 1. The average Bonchev–Trinajstić information content (AvgIpc) is 1.99. The van der Waals surface area contributed by atoms with Crippen molar-refractivity contribution in [2.24, 2.45) is 0 Å². The number of nitrogens with two attached hydrogens (primary N) is 1. The van der Waals surface area contributed by atoms with Crippen LogP contribution in [0.4, 0.5) is 10.1 Å². The molecule has 0 fully saturated rings. The third-order valence-electron chi connectivity index (χ3n) is 1.46. The van der Waals surface area contributed by atoms with E-state index in [2.05, 4.69) is 0 Å². The summed E-state index contributed by atoms with van der Waals surface area (Å²) in [5, 5.41) is -0.125. The molecular formula is C8H7ClFNO. The SMILES string of the molecule is CC(=O)c1cc(N)c(F)c(Cl)c1. The molecule has 0 saturated carbocycles. The van der Waals surface area contributed by atoms with Gasteiger partial charge in [0.05, 0.1) is 10.7 Å². The third kappa shape index (κ3) is 1.56. The zero-order valence-corrected chi connectivity index (χ0v) is 7.15. The van der Waals surface area contributed by atoms with Crippen LogP contribution < -0.4 is 5.73 Å². The fraction of sp³-hybridized carbons (Fsp3) is 0.125. The van der Waals surface area contributed by atoms with E-state index < -0.39 is 5.82 Å². The number of hydrogen-bond acceptors (Lipinski definition) is 2. The Morgan fingerprint density at radius 1 is 1.58 bits per heavy atom. The van der Waals surface area contributed by atoms with E-state index in [1.54, 1.807) is 0 Å². The summed E-state index contributed by atoms with van der Waals surface area (Å²) >= 11 is 5.46. The van der Waals surface area contributed by atoms with Crippen LogP contribution in [0.15, 0.2) is 12.1 Å². The maximum absolute atomic E-state index is 12.8. The number of Topliss-reactive ketones (excluding diaryl/α,β-unsaturated/α-hetero) is 1. The molecule has 0 radical (unpaired) electrons. The van der Waals surface area contributed by atoms with Gasteiger partial charge in [-0.2, -0.15) is 0 Å². The van der Waals surface area contributed by atoms with Crippen LogP contribution in [0, 0.1) is 5.82 Å². The van der Waals surface area contributed by atoms with E-state index in [1.807, 2.05) is 0 Å². The summed E-state index contributed by atoms with van der Waals surface area (Å²) in [7, 11) is 0. The highest BCUT2D eigenvalue weighted by molar-refractivity contribution is 6.31. The van der Waals surface area contributed by atoms with Gasteiger partial charge in [0, 0.05) is 5.56 Å². The van der Waals surface area contributed by atoms with Gasteiger partial charge in [0.15, 0.2) is 11.6 Å². The first-order chi connectivity index (χ1) is 5.52. The molecule has 0 aliphatic carbocycles. The highest BCUT2D eigenvalue weighted by Crippen LogP contribution is 2.22. The molecule has 2 nitrogen and oxygen atoms in total. The second-order valence-corrected chi connectivity index (χ2v) is 2.82. The molecule has 0 saturated heterocycles. The molecule has 0 aromatic heterocycles. The Hall–Kier alpha value is -1.09. The van der Waals surface area contributed by atoms with E-state index in [9.17, 15) is 9.18 Å². The lowest BCUT2D eigenvalue weighted by Crippen LogP contribution is -1.98. The van der Waals surface area contributed by atoms with Gasteiger partial charge < -0.3 is 5.73 Å². The summed E-state index contributed by atoms with van der Waals surface area (Å²) in [6, 6.07) is 2.53. The predicted octanol–water partition coefficient (Wildman–Crippen LogP) is 2.26. The largest absolute Gasteiger partial charge is 0.396 e. The van der Waals surface area contributed by atoms with Crippen molar-refractivity contribution in [3.05, 3.63) is 28.5 Å². The lowest BCUT2D eigenvalue weighted by atomic mass is 10.1. The fourth-order valence-corrected chi connectivity index (χ4v) is 1.04. The Bertz CT molecular complexity index is 315. The van der Waals surface area contributed by atoms with E-state index in [1.165, 1.54) is 19.1 Å². The zero-order chi connectivity index (χ0) is 9.30. The van der Waals surface area contributed by atoms with Gasteiger partial charge >= 0.3 is 0 Å². The minimum atomic E-state index is -0.679. The van der Waals surface area contributed by atoms with Crippen molar-refractivity contribution >= 4 is 23.1 Å². The molecule has 0 heterocycles. The van der Waals surface area contributed by atoms with E-state index in [4.69, 9.17) is 17.3 Å². The van der Waals surface area contributed by atoms with Gasteiger partial charge in [0.1, 0.15) is 0 Å². The summed E-state index contributed by atoms with van der Waals surface area (Å²) in [5.41, 5.74) is 5.46. The lowest BCUT2D eigenvalue weighted by molar-refractivity contribution is 0.101. The van der Waals surface area contributed by atoms with Crippen LogP contribution in [0.25, 0.3) is 0 Å². The highest BCUT2D eigenvalue weighted by Gasteiger charge is 2.08. The minimum Gasteiger partial charge on any atom is -0.396 e. The fourth-order valence-electron chi connectivity index (χ4n) is 0.814. The van der Waals surface area contributed by atoms with Crippen molar-refractivity contribution in [1.82, 2.24) is 0 Å². The van der Waals surface area contributed by atoms with Crippen LogP contribution in [-0.2, 0) is 0 Å². The standard InChI is InChI=1S/C8H7ClFNO/c1-4(12)5-2-6(9)8(10)7(11)3-5/h2-3H,11H2,1H3. The number of hydrogen-bond donors (Lipinski definition) is 1. The molecule has 0 amide bonds. The van der Waals surface area contributed by atoms with Crippen molar-refractivity contribution in [3.63, 3.8) is 0 Å². The van der Waals surface area contributed by atoms with Crippen molar-refractivity contribution in [2.45, 2.75) is 6.92 Å². The number of carbonyl (C=O) groups is 1. The highest BCUT2D eigenvalue weighted by atomic mass is 35.5. The number of rotatable bonds is 1. The van der Waals surface area contributed by atoms with Gasteiger partial charge in [-0.1, -0.05) is 11.6 Å². The number of halogens is 2. The van der Waals surface area contributed by atoms with Crippen molar-refractivity contribution in [3.8, 4) is 0 Å². The van der Waals surface area contributed by atoms with Gasteiger partial charge in [-0.05, 0) is 19.1 Å². The third-order valence-corrected chi connectivity index (χ3v) is 1.74. The molecule has 0 aliphatic rings. The molecule has 64 valence electrons. The lowest BCUT2D eigenvalue weighted by Gasteiger charge is -2.01. The predicted molar refractivity (Wildman–Crippen MR) is 45.8 cm³/mol. The van der Waals surface area contributed by atoms with Gasteiger partial charge in [-0.25, -0.2) is 4.39 Å². The normalized spacial score (nSPS) is 9.92. The Morgan fingerprint density at radius 3 is 2.58 bits per heavy atom. The Kier molecular flexibility index (Phi) is 2.33.